The van der Waals surface area contributed by atoms with Crippen LogP contribution in [0, 0.1) is 0 Å². The van der Waals surface area contributed by atoms with Crippen LogP contribution in [-0.2, 0) is 19.0 Å². The molecular formula is C24H39N3O6. The van der Waals surface area contributed by atoms with E-state index in [4.69, 9.17) is 14.2 Å². The van der Waals surface area contributed by atoms with Crippen LogP contribution in [0.2, 0.25) is 0 Å². The first-order valence-corrected chi connectivity index (χ1v) is 11.0. The van der Waals surface area contributed by atoms with Crippen LogP contribution in [0.4, 0.5) is 9.59 Å². The van der Waals surface area contributed by atoms with Crippen molar-refractivity contribution in [3.8, 4) is 0 Å². The summed E-state index contributed by atoms with van der Waals surface area (Å²) in [5.74, 6) is -0.709. The highest BCUT2D eigenvalue weighted by Crippen LogP contribution is 2.25. The minimum absolute atomic E-state index is 0.155. The lowest BCUT2D eigenvalue weighted by Crippen LogP contribution is -2.56. The van der Waals surface area contributed by atoms with Crippen molar-refractivity contribution < 1.29 is 28.6 Å². The number of amides is 2. The maximum atomic E-state index is 13.1. The lowest BCUT2D eigenvalue weighted by atomic mass is 10.0. The molecule has 0 fully saturated rings. The fraction of sp³-hybridized carbons (Fsp3) is 0.625. The Morgan fingerprint density at radius 2 is 1.39 bits per heavy atom. The maximum absolute atomic E-state index is 13.1. The van der Waals surface area contributed by atoms with Gasteiger partial charge in [-0.1, -0.05) is 30.3 Å². The summed E-state index contributed by atoms with van der Waals surface area (Å²) < 4.78 is 16.5. The number of benzene rings is 1. The summed E-state index contributed by atoms with van der Waals surface area (Å²) in [6.45, 7) is 13.5. The molecule has 0 saturated carbocycles. The molecule has 186 valence electrons. The van der Waals surface area contributed by atoms with Gasteiger partial charge in [0.15, 0.2) is 6.04 Å². The maximum Gasteiger partial charge on any atom is 0.430 e. The van der Waals surface area contributed by atoms with E-state index in [1.165, 1.54) is 6.92 Å². The second kappa shape index (κ2) is 11.4. The Balaban J connectivity index is 3.16. The zero-order chi connectivity index (χ0) is 25.6. The molecule has 0 aliphatic rings. The highest BCUT2D eigenvalue weighted by molar-refractivity contribution is 5.83. The van der Waals surface area contributed by atoms with Gasteiger partial charge in [0.1, 0.15) is 17.3 Å². The van der Waals surface area contributed by atoms with Gasteiger partial charge in [0, 0.05) is 6.04 Å². The molecule has 0 heterocycles. The van der Waals surface area contributed by atoms with Crippen molar-refractivity contribution in [1.82, 2.24) is 15.3 Å². The van der Waals surface area contributed by atoms with Crippen LogP contribution in [0.1, 0.15) is 67.1 Å². The van der Waals surface area contributed by atoms with E-state index in [9.17, 15) is 14.4 Å². The van der Waals surface area contributed by atoms with Crippen LogP contribution in [0.15, 0.2) is 30.3 Å². The van der Waals surface area contributed by atoms with Crippen molar-refractivity contribution >= 4 is 18.2 Å². The van der Waals surface area contributed by atoms with Gasteiger partial charge in [-0.05, 0) is 75.0 Å². The van der Waals surface area contributed by atoms with Crippen LogP contribution in [0.25, 0.3) is 0 Å². The van der Waals surface area contributed by atoms with Crippen molar-refractivity contribution in [3.05, 3.63) is 35.9 Å². The Morgan fingerprint density at radius 3 is 1.85 bits per heavy atom. The van der Waals surface area contributed by atoms with Gasteiger partial charge in [-0.25, -0.2) is 24.8 Å². The number of hydrogen-bond acceptors (Lipinski definition) is 7. The standard InChI is InChI=1S/C24H39N3O6/c1-16(26(9)10)19(18-14-12-11-13-15-18)31-20(28)17(2)27(22(30)33-24(6,7)8)25-21(29)32-23(3,4)5/h11-17,19H,1-10H3,(H,25,29)/t16-,17-,19-/m0/s1. The number of carbonyl (C=O) groups is 3. The van der Waals surface area contributed by atoms with Gasteiger partial charge in [-0.15, -0.1) is 0 Å². The summed E-state index contributed by atoms with van der Waals surface area (Å²) in [7, 11) is 3.77. The summed E-state index contributed by atoms with van der Waals surface area (Å²) in [4.78, 5) is 40.3. The van der Waals surface area contributed by atoms with E-state index in [0.29, 0.717) is 0 Å². The molecule has 33 heavy (non-hydrogen) atoms. The molecule has 0 aliphatic carbocycles. The summed E-state index contributed by atoms with van der Waals surface area (Å²) in [6, 6.07) is 7.99. The lowest BCUT2D eigenvalue weighted by Gasteiger charge is -2.34. The van der Waals surface area contributed by atoms with Crippen LogP contribution in [-0.4, -0.2) is 65.4 Å². The quantitative estimate of drug-likeness (QED) is 0.380. The van der Waals surface area contributed by atoms with Crippen molar-refractivity contribution in [2.75, 3.05) is 14.1 Å². The van der Waals surface area contributed by atoms with Gasteiger partial charge in [0.2, 0.25) is 0 Å². The Morgan fingerprint density at radius 1 is 0.879 bits per heavy atom. The van der Waals surface area contributed by atoms with Crippen LogP contribution < -0.4 is 5.43 Å². The number of ether oxygens (including phenoxy) is 3. The fourth-order valence-electron chi connectivity index (χ4n) is 2.70. The Bertz CT molecular complexity index is 799. The molecule has 1 N–H and O–H groups in total. The molecule has 9 nitrogen and oxygen atoms in total. The zero-order valence-corrected chi connectivity index (χ0v) is 21.5. The predicted octanol–water partition coefficient (Wildman–Crippen LogP) is 4.29. The molecule has 0 unspecified atom stereocenters. The van der Waals surface area contributed by atoms with Crippen molar-refractivity contribution in [3.63, 3.8) is 0 Å². The van der Waals surface area contributed by atoms with Crippen molar-refractivity contribution in [1.29, 1.82) is 0 Å². The third-order valence-electron chi connectivity index (χ3n) is 4.55. The first-order chi connectivity index (χ1) is 15.0. The Kier molecular flexibility index (Phi) is 9.71. The number of esters is 1. The van der Waals surface area contributed by atoms with Gasteiger partial charge in [-0.2, -0.15) is 0 Å². The largest absolute Gasteiger partial charge is 0.454 e. The van der Waals surface area contributed by atoms with E-state index in [2.05, 4.69) is 5.43 Å². The molecule has 0 aliphatic heterocycles. The molecule has 1 aromatic rings. The number of likely N-dealkylation sites (N-methyl/N-ethyl adjacent to an activating group) is 1. The molecule has 0 bridgehead atoms. The molecule has 1 aromatic carbocycles. The fourth-order valence-corrected chi connectivity index (χ4v) is 2.70. The minimum Gasteiger partial charge on any atom is -0.454 e. The van der Waals surface area contributed by atoms with Gasteiger partial charge >= 0.3 is 18.2 Å². The second-order valence-corrected chi connectivity index (χ2v) is 10.1. The third kappa shape index (κ3) is 9.69. The summed E-state index contributed by atoms with van der Waals surface area (Å²) >= 11 is 0. The molecule has 2 amide bonds. The highest BCUT2D eigenvalue weighted by atomic mass is 16.6. The van der Waals surface area contributed by atoms with E-state index in [1.54, 1.807) is 41.5 Å². The number of nitrogens with one attached hydrogen (secondary N) is 1. The monoisotopic (exact) mass is 465 g/mol. The van der Waals surface area contributed by atoms with Crippen molar-refractivity contribution in [2.24, 2.45) is 0 Å². The van der Waals surface area contributed by atoms with E-state index < -0.39 is 41.5 Å². The number of rotatable bonds is 6. The first kappa shape index (κ1) is 28.2. The van der Waals surface area contributed by atoms with E-state index in [-0.39, 0.29) is 6.04 Å². The van der Waals surface area contributed by atoms with Crippen LogP contribution >= 0.6 is 0 Å². The average Bonchev–Trinajstić information content (AvgIpc) is 2.66. The minimum atomic E-state index is -1.19. The SMILES string of the molecule is C[C@@H]([C@H](OC(=O)[C@H](C)N(NC(=O)OC(C)(C)C)C(=O)OC(C)(C)C)c1ccccc1)N(C)C. The number of carbonyl (C=O) groups excluding carboxylic acids is 3. The predicted molar refractivity (Wildman–Crippen MR) is 125 cm³/mol. The molecule has 0 saturated heterocycles. The van der Waals surface area contributed by atoms with Crippen molar-refractivity contribution in [2.45, 2.75) is 84.8 Å². The van der Waals surface area contributed by atoms with Crippen LogP contribution in [0.3, 0.4) is 0 Å². The zero-order valence-electron chi connectivity index (χ0n) is 21.5. The lowest BCUT2D eigenvalue weighted by molar-refractivity contribution is -0.159. The van der Waals surface area contributed by atoms with Gasteiger partial charge in [0.05, 0.1) is 0 Å². The normalized spacial score (nSPS) is 14.6. The summed E-state index contributed by atoms with van der Waals surface area (Å²) in [6.07, 6.45) is -2.40. The molecule has 1 rings (SSSR count). The Hall–Kier alpha value is -2.81. The molecule has 0 spiro atoms. The first-order valence-electron chi connectivity index (χ1n) is 11.0. The highest BCUT2D eigenvalue weighted by Gasteiger charge is 2.36. The van der Waals surface area contributed by atoms with Gasteiger partial charge < -0.3 is 19.1 Å². The molecule has 0 aromatic heterocycles. The van der Waals surface area contributed by atoms with E-state index >= 15 is 0 Å². The summed E-state index contributed by atoms with van der Waals surface area (Å²) in [5.41, 5.74) is 1.49. The summed E-state index contributed by atoms with van der Waals surface area (Å²) in [5, 5.41) is 0.796. The second-order valence-electron chi connectivity index (χ2n) is 10.1. The van der Waals surface area contributed by atoms with E-state index in [1.807, 2.05) is 56.3 Å². The average molecular weight is 466 g/mol. The number of hydrogen-bond donors (Lipinski definition) is 1. The third-order valence-corrected chi connectivity index (χ3v) is 4.55. The molecular weight excluding hydrogens is 426 g/mol. The molecule has 0 radical (unpaired) electrons. The molecule has 9 heteroatoms. The Labute approximate surface area is 197 Å². The smallest absolute Gasteiger partial charge is 0.430 e. The van der Waals surface area contributed by atoms with E-state index in [0.717, 1.165) is 10.6 Å². The topological polar surface area (TPSA) is 97.4 Å². The number of nitrogens with zero attached hydrogens (tertiary/aromatic N) is 2. The van der Waals surface area contributed by atoms with Crippen LogP contribution in [0.5, 0.6) is 0 Å². The molecule has 3 atom stereocenters. The van der Waals surface area contributed by atoms with Gasteiger partial charge in [-0.3, -0.25) is 0 Å². The van der Waals surface area contributed by atoms with Gasteiger partial charge in [0.25, 0.3) is 0 Å². The number of hydrazine groups is 1.